The van der Waals surface area contributed by atoms with Gasteiger partial charge in [-0.3, -0.25) is 9.59 Å². The molecule has 2 rings (SSSR count). The zero-order chi connectivity index (χ0) is 14.9. The maximum absolute atomic E-state index is 11.9. The van der Waals surface area contributed by atoms with Gasteiger partial charge in [-0.1, -0.05) is 25.7 Å². The van der Waals surface area contributed by atoms with Crippen molar-refractivity contribution in [3.8, 4) is 0 Å². The average Bonchev–Trinajstić information content (AvgIpc) is 2.90. The zero-order valence-corrected chi connectivity index (χ0v) is 12.4. The summed E-state index contributed by atoms with van der Waals surface area (Å²) in [4.78, 5) is 23.5. The Morgan fingerprint density at radius 1 is 1.19 bits per heavy atom. The van der Waals surface area contributed by atoms with Gasteiger partial charge >= 0.3 is 0 Å². The molecule has 0 aromatic carbocycles. The van der Waals surface area contributed by atoms with E-state index in [2.05, 4.69) is 10.6 Å². The van der Waals surface area contributed by atoms with Crippen molar-refractivity contribution in [3.63, 3.8) is 0 Å². The minimum absolute atomic E-state index is 0.0918. The molecule has 116 valence electrons. The lowest BCUT2D eigenvalue weighted by Gasteiger charge is -2.16. The Balaban J connectivity index is 1.57. The highest BCUT2D eigenvalue weighted by Gasteiger charge is 2.14. The maximum Gasteiger partial charge on any atom is 0.286 e. The first-order valence-electron chi connectivity index (χ1n) is 7.87. The lowest BCUT2D eigenvalue weighted by atomic mass is 10.1. The highest BCUT2D eigenvalue weighted by molar-refractivity contribution is 5.91. The Morgan fingerprint density at radius 3 is 2.62 bits per heavy atom. The molecule has 0 bridgehead atoms. The van der Waals surface area contributed by atoms with E-state index in [4.69, 9.17) is 4.42 Å². The third-order valence-electron chi connectivity index (χ3n) is 3.83. The van der Waals surface area contributed by atoms with Crippen molar-refractivity contribution >= 4 is 11.8 Å². The number of hydrogen-bond donors (Lipinski definition) is 2. The first kappa shape index (κ1) is 15.6. The van der Waals surface area contributed by atoms with E-state index in [1.54, 1.807) is 12.1 Å². The molecule has 0 aliphatic heterocycles. The molecule has 21 heavy (non-hydrogen) atoms. The van der Waals surface area contributed by atoms with Gasteiger partial charge in [0.1, 0.15) is 0 Å². The maximum atomic E-state index is 11.9. The second kappa shape index (κ2) is 8.49. The Hall–Kier alpha value is -1.78. The highest BCUT2D eigenvalue weighted by atomic mass is 16.3. The van der Waals surface area contributed by atoms with Crippen molar-refractivity contribution in [2.75, 3.05) is 6.54 Å². The van der Waals surface area contributed by atoms with Gasteiger partial charge < -0.3 is 15.1 Å². The SMILES string of the molecule is O=C(CCCNC(=O)c1ccco1)NC1CCCCCC1. The second-order valence-electron chi connectivity index (χ2n) is 5.59. The fraction of sp³-hybridized carbons (Fsp3) is 0.625. The van der Waals surface area contributed by atoms with E-state index in [0.717, 1.165) is 12.8 Å². The molecule has 1 aliphatic rings. The monoisotopic (exact) mass is 292 g/mol. The van der Waals surface area contributed by atoms with Crippen LogP contribution in [0.4, 0.5) is 0 Å². The molecular formula is C16H24N2O3. The van der Waals surface area contributed by atoms with Crippen molar-refractivity contribution in [1.82, 2.24) is 10.6 Å². The smallest absolute Gasteiger partial charge is 0.286 e. The summed E-state index contributed by atoms with van der Waals surface area (Å²) in [5.41, 5.74) is 0. The van der Waals surface area contributed by atoms with Gasteiger partial charge in [-0.15, -0.1) is 0 Å². The van der Waals surface area contributed by atoms with Crippen molar-refractivity contribution < 1.29 is 14.0 Å². The van der Waals surface area contributed by atoms with E-state index < -0.39 is 0 Å². The van der Waals surface area contributed by atoms with Crippen LogP contribution in [0.5, 0.6) is 0 Å². The fourth-order valence-electron chi connectivity index (χ4n) is 2.67. The van der Waals surface area contributed by atoms with E-state index in [1.807, 2.05) is 0 Å². The van der Waals surface area contributed by atoms with Gasteiger partial charge in [-0.2, -0.15) is 0 Å². The van der Waals surface area contributed by atoms with Gasteiger partial charge in [-0.05, 0) is 31.4 Å². The van der Waals surface area contributed by atoms with Crippen LogP contribution in [0.1, 0.15) is 61.9 Å². The average molecular weight is 292 g/mol. The first-order chi connectivity index (χ1) is 10.3. The van der Waals surface area contributed by atoms with E-state index in [1.165, 1.54) is 31.9 Å². The number of carbonyl (C=O) groups excluding carboxylic acids is 2. The molecule has 2 N–H and O–H groups in total. The Morgan fingerprint density at radius 2 is 1.95 bits per heavy atom. The summed E-state index contributed by atoms with van der Waals surface area (Å²) in [6, 6.07) is 3.64. The van der Waals surface area contributed by atoms with Crippen LogP contribution in [-0.4, -0.2) is 24.4 Å². The summed E-state index contributed by atoms with van der Waals surface area (Å²) in [7, 11) is 0. The van der Waals surface area contributed by atoms with Gasteiger partial charge in [-0.25, -0.2) is 0 Å². The molecule has 0 unspecified atom stereocenters. The molecule has 1 heterocycles. The molecule has 5 heteroatoms. The predicted molar refractivity (Wildman–Crippen MR) is 79.9 cm³/mol. The Labute approximate surface area is 125 Å². The molecule has 1 aromatic rings. The quantitative estimate of drug-likeness (QED) is 0.625. The molecule has 0 atom stereocenters. The van der Waals surface area contributed by atoms with E-state index in [0.29, 0.717) is 31.2 Å². The molecule has 1 aliphatic carbocycles. The summed E-state index contributed by atoms with van der Waals surface area (Å²) in [6.07, 6.45) is 9.75. The topological polar surface area (TPSA) is 71.3 Å². The van der Waals surface area contributed by atoms with Crippen LogP contribution in [0.2, 0.25) is 0 Å². The van der Waals surface area contributed by atoms with E-state index >= 15 is 0 Å². The minimum Gasteiger partial charge on any atom is -0.459 e. The lowest BCUT2D eigenvalue weighted by Crippen LogP contribution is -2.34. The van der Waals surface area contributed by atoms with Gasteiger partial charge in [0.15, 0.2) is 5.76 Å². The lowest BCUT2D eigenvalue weighted by molar-refractivity contribution is -0.121. The summed E-state index contributed by atoms with van der Waals surface area (Å²) >= 11 is 0. The van der Waals surface area contributed by atoms with Crippen LogP contribution in [0.3, 0.4) is 0 Å². The van der Waals surface area contributed by atoms with Crippen molar-refractivity contribution in [1.29, 1.82) is 0 Å². The number of furan rings is 1. The van der Waals surface area contributed by atoms with Crippen LogP contribution in [-0.2, 0) is 4.79 Å². The zero-order valence-electron chi connectivity index (χ0n) is 12.4. The number of nitrogens with one attached hydrogen (secondary N) is 2. The molecule has 1 fully saturated rings. The number of amides is 2. The van der Waals surface area contributed by atoms with Gasteiger partial charge in [0.25, 0.3) is 5.91 Å². The van der Waals surface area contributed by atoms with Gasteiger partial charge in [0.05, 0.1) is 6.26 Å². The predicted octanol–water partition coefficient (Wildman–Crippen LogP) is 2.63. The largest absolute Gasteiger partial charge is 0.459 e. The van der Waals surface area contributed by atoms with Gasteiger partial charge in [0.2, 0.25) is 5.91 Å². The third-order valence-corrected chi connectivity index (χ3v) is 3.83. The fourth-order valence-corrected chi connectivity index (χ4v) is 2.67. The Bertz CT molecular complexity index is 434. The normalized spacial score (nSPS) is 16.2. The molecule has 5 nitrogen and oxygen atoms in total. The van der Waals surface area contributed by atoms with Crippen LogP contribution < -0.4 is 10.6 Å². The summed E-state index contributed by atoms with van der Waals surface area (Å²) in [5, 5.41) is 5.85. The molecule has 1 saturated carbocycles. The third kappa shape index (κ3) is 5.61. The second-order valence-corrected chi connectivity index (χ2v) is 5.59. The van der Waals surface area contributed by atoms with E-state index in [-0.39, 0.29) is 11.8 Å². The first-order valence-corrected chi connectivity index (χ1v) is 7.87. The summed E-state index contributed by atoms with van der Waals surface area (Å²) in [6.45, 7) is 0.484. The summed E-state index contributed by atoms with van der Waals surface area (Å²) < 4.78 is 4.99. The van der Waals surface area contributed by atoms with Crippen molar-refractivity contribution in [3.05, 3.63) is 24.2 Å². The number of hydrogen-bond acceptors (Lipinski definition) is 3. The number of rotatable bonds is 6. The highest BCUT2D eigenvalue weighted by Crippen LogP contribution is 2.17. The number of carbonyl (C=O) groups is 2. The molecule has 0 saturated heterocycles. The molecular weight excluding hydrogens is 268 g/mol. The van der Waals surface area contributed by atoms with Crippen LogP contribution >= 0.6 is 0 Å². The molecule has 0 radical (unpaired) electrons. The van der Waals surface area contributed by atoms with Crippen LogP contribution in [0.25, 0.3) is 0 Å². The minimum atomic E-state index is -0.232. The van der Waals surface area contributed by atoms with Crippen LogP contribution in [0, 0.1) is 0 Å². The van der Waals surface area contributed by atoms with Gasteiger partial charge in [0, 0.05) is 19.0 Å². The van der Waals surface area contributed by atoms with E-state index in [9.17, 15) is 9.59 Å². The van der Waals surface area contributed by atoms with Crippen molar-refractivity contribution in [2.24, 2.45) is 0 Å². The molecule has 2 amide bonds. The Kier molecular flexibility index (Phi) is 6.31. The standard InChI is InChI=1S/C16H24N2O3/c19-15(18-13-7-3-1-2-4-8-13)10-5-11-17-16(20)14-9-6-12-21-14/h6,9,12-13H,1-5,7-8,10-11H2,(H,17,20)(H,18,19). The van der Waals surface area contributed by atoms with Crippen molar-refractivity contribution in [2.45, 2.75) is 57.4 Å². The summed E-state index contributed by atoms with van der Waals surface area (Å²) in [5.74, 6) is 0.163. The van der Waals surface area contributed by atoms with Crippen LogP contribution in [0.15, 0.2) is 22.8 Å². The molecule has 1 aromatic heterocycles. The molecule has 0 spiro atoms.